The zero-order valence-corrected chi connectivity index (χ0v) is 16.3. The third-order valence-corrected chi connectivity index (χ3v) is 4.81. The fraction of sp³-hybridized carbons (Fsp3) is 0.444. The van der Waals surface area contributed by atoms with Gasteiger partial charge in [0.2, 0.25) is 5.88 Å². The number of nitrogens with zero attached hydrogens (tertiary/aromatic N) is 2. The molecule has 0 saturated carbocycles. The highest BCUT2D eigenvalue weighted by atomic mass is 16.6. The van der Waals surface area contributed by atoms with E-state index in [1.54, 1.807) is 6.92 Å². The molecule has 4 N–H and O–H groups in total. The molecule has 3 rings (SSSR count). The van der Waals surface area contributed by atoms with E-state index in [0.29, 0.717) is 5.56 Å². The molecule has 0 radical (unpaired) electrons. The number of benzene rings is 1. The number of hydrogen-bond donors (Lipinski definition) is 4. The van der Waals surface area contributed by atoms with Gasteiger partial charge in [-0.1, -0.05) is 0 Å². The molecule has 1 aromatic carbocycles. The van der Waals surface area contributed by atoms with Crippen molar-refractivity contribution in [1.82, 2.24) is 10.2 Å². The zero-order chi connectivity index (χ0) is 22.7. The molecule has 2 aliphatic rings. The summed E-state index contributed by atoms with van der Waals surface area (Å²) in [6.45, 7) is 0.906. The number of carbonyl (C=O) groups excluding carboxylic acids is 2. The number of cyclic esters (lactones) is 1. The van der Waals surface area contributed by atoms with E-state index >= 15 is 0 Å². The molecule has 31 heavy (non-hydrogen) atoms. The van der Waals surface area contributed by atoms with Crippen molar-refractivity contribution in [2.75, 3.05) is 13.2 Å². The first-order valence-corrected chi connectivity index (χ1v) is 9.24. The van der Waals surface area contributed by atoms with Gasteiger partial charge in [-0.15, -0.1) is 0 Å². The molecule has 1 aromatic rings. The minimum atomic E-state index is -1.44. The van der Waals surface area contributed by atoms with E-state index in [4.69, 9.17) is 19.3 Å². The number of alkyl carbamates (subject to hydrolysis) is 1. The van der Waals surface area contributed by atoms with Gasteiger partial charge < -0.3 is 29.5 Å². The van der Waals surface area contributed by atoms with Crippen LogP contribution in [0.25, 0.3) is 0 Å². The van der Waals surface area contributed by atoms with E-state index in [1.165, 1.54) is 30.3 Å². The Labute approximate surface area is 175 Å². The molecule has 0 spiro atoms. The number of rotatable bonds is 6. The van der Waals surface area contributed by atoms with Crippen molar-refractivity contribution in [3.63, 3.8) is 0 Å². The number of aliphatic hydroxyl groups is 3. The Morgan fingerprint density at radius 3 is 2.58 bits per heavy atom. The molecule has 2 amide bonds. The lowest BCUT2D eigenvalue weighted by atomic mass is 10.1. The lowest BCUT2D eigenvalue weighted by molar-refractivity contribution is -0.384. The number of nitro groups is 1. The van der Waals surface area contributed by atoms with Crippen LogP contribution in [0.4, 0.5) is 15.3 Å². The molecule has 1 unspecified atom stereocenters. The Balaban J connectivity index is 1.55. The Kier molecular flexibility index (Phi) is 6.70. The molecule has 13 nitrogen and oxygen atoms in total. The maximum absolute atomic E-state index is 12.2. The van der Waals surface area contributed by atoms with Crippen LogP contribution in [0.3, 0.4) is 0 Å². The van der Waals surface area contributed by atoms with Gasteiger partial charge in [0.25, 0.3) is 5.69 Å². The molecule has 1 saturated heterocycles. The monoisotopic (exact) mass is 439 g/mol. The van der Waals surface area contributed by atoms with E-state index < -0.39 is 54.4 Å². The fourth-order valence-corrected chi connectivity index (χ4v) is 3.10. The molecule has 2 heterocycles. The summed E-state index contributed by atoms with van der Waals surface area (Å²) in [7, 11) is 0. The van der Waals surface area contributed by atoms with Crippen LogP contribution in [-0.4, -0.2) is 75.0 Å². The predicted molar refractivity (Wildman–Crippen MR) is 100 cm³/mol. The summed E-state index contributed by atoms with van der Waals surface area (Å²) in [6.07, 6.45) is -6.38. The van der Waals surface area contributed by atoms with Crippen molar-refractivity contribution in [2.45, 2.75) is 37.6 Å². The standard InChI is InChI=1S/C18H21N3O10/c1-9(10-2-4-11(5-3-10)21(27)28)29-17(25)19-13-6-7-20(18(26)31-13)16-15(24)14(23)12(8-22)30-16/h2-6,9,12,14-16,22-24H,7-8H2,1H3,(H,19,25)/t9?,12-,14-,15+,16-/m1/s1. The molecule has 13 heteroatoms. The van der Waals surface area contributed by atoms with Gasteiger partial charge in [0.05, 0.1) is 18.1 Å². The highest BCUT2D eigenvalue weighted by molar-refractivity contribution is 5.74. The van der Waals surface area contributed by atoms with E-state index in [2.05, 4.69) is 5.32 Å². The molecule has 5 atom stereocenters. The van der Waals surface area contributed by atoms with Crippen LogP contribution in [0.2, 0.25) is 0 Å². The van der Waals surface area contributed by atoms with E-state index in [9.17, 15) is 29.9 Å². The second-order valence-electron chi connectivity index (χ2n) is 6.84. The lowest BCUT2D eigenvalue weighted by Crippen LogP contribution is -2.50. The highest BCUT2D eigenvalue weighted by Crippen LogP contribution is 2.26. The number of ether oxygens (including phenoxy) is 3. The number of non-ortho nitro benzene ring substituents is 1. The highest BCUT2D eigenvalue weighted by Gasteiger charge is 2.47. The summed E-state index contributed by atoms with van der Waals surface area (Å²) in [5.74, 6) is -0.200. The number of aliphatic hydroxyl groups excluding tert-OH is 3. The van der Waals surface area contributed by atoms with Crippen molar-refractivity contribution in [1.29, 1.82) is 0 Å². The van der Waals surface area contributed by atoms with Gasteiger partial charge in [-0.05, 0) is 30.7 Å². The quantitative estimate of drug-likeness (QED) is 0.351. The van der Waals surface area contributed by atoms with Gasteiger partial charge in [-0.2, -0.15) is 0 Å². The van der Waals surface area contributed by atoms with Crippen molar-refractivity contribution in [3.05, 3.63) is 51.9 Å². The van der Waals surface area contributed by atoms with Crippen LogP contribution in [0.5, 0.6) is 0 Å². The molecule has 0 bridgehead atoms. The van der Waals surface area contributed by atoms with Crippen molar-refractivity contribution in [3.8, 4) is 0 Å². The van der Waals surface area contributed by atoms with E-state index in [-0.39, 0.29) is 18.1 Å². The van der Waals surface area contributed by atoms with Gasteiger partial charge in [0.1, 0.15) is 24.4 Å². The molecule has 0 aliphatic carbocycles. The summed E-state index contributed by atoms with van der Waals surface area (Å²) >= 11 is 0. The molecule has 2 aliphatic heterocycles. The summed E-state index contributed by atoms with van der Waals surface area (Å²) in [5.41, 5.74) is 0.421. The zero-order valence-electron chi connectivity index (χ0n) is 16.3. The third-order valence-electron chi connectivity index (χ3n) is 4.81. The summed E-state index contributed by atoms with van der Waals surface area (Å²) < 4.78 is 15.4. The first-order chi connectivity index (χ1) is 14.7. The Morgan fingerprint density at radius 1 is 1.35 bits per heavy atom. The van der Waals surface area contributed by atoms with Gasteiger partial charge in [0, 0.05) is 12.1 Å². The first-order valence-electron chi connectivity index (χ1n) is 9.24. The summed E-state index contributed by atoms with van der Waals surface area (Å²) in [4.78, 5) is 35.4. The average molecular weight is 439 g/mol. The second kappa shape index (κ2) is 9.26. The van der Waals surface area contributed by atoms with Gasteiger partial charge >= 0.3 is 12.2 Å². The fourth-order valence-electron chi connectivity index (χ4n) is 3.10. The molecule has 1 fully saturated rings. The number of nitro benzene ring substituents is 1. The number of nitrogens with one attached hydrogen (secondary N) is 1. The predicted octanol–water partition coefficient (Wildman–Crippen LogP) is 0.115. The Hall–Kier alpha value is -3.26. The van der Waals surface area contributed by atoms with Crippen molar-refractivity contribution < 1.29 is 44.0 Å². The smallest absolute Gasteiger partial charge is 0.418 e. The topological polar surface area (TPSA) is 181 Å². The maximum Gasteiger partial charge on any atom is 0.418 e. The number of carbonyl (C=O) groups is 2. The normalized spacial score (nSPS) is 26.6. The van der Waals surface area contributed by atoms with Crippen LogP contribution in [-0.2, 0) is 14.2 Å². The molecular formula is C18H21N3O10. The van der Waals surface area contributed by atoms with Crippen LogP contribution in [0.1, 0.15) is 18.6 Å². The van der Waals surface area contributed by atoms with Crippen LogP contribution in [0, 0.1) is 10.1 Å². The van der Waals surface area contributed by atoms with Crippen LogP contribution < -0.4 is 5.32 Å². The van der Waals surface area contributed by atoms with Crippen LogP contribution >= 0.6 is 0 Å². The Bertz CT molecular complexity index is 874. The largest absolute Gasteiger partial charge is 0.441 e. The summed E-state index contributed by atoms with van der Waals surface area (Å²) in [5, 5.41) is 41.9. The number of amides is 2. The summed E-state index contributed by atoms with van der Waals surface area (Å²) in [6, 6.07) is 5.47. The van der Waals surface area contributed by atoms with Gasteiger partial charge in [-0.3, -0.25) is 20.3 Å². The minimum Gasteiger partial charge on any atom is -0.441 e. The first kappa shape index (κ1) is 22.4. The third kappa shape index (κ3) is 4.91. The maximum atomic E-state index is 12.2. The minimum absolute atomic E-state index is 0.0987. The SMILES string of the molecule is CC(OC(=O)NC1=CCN([C@@H]2O[C@H](CO)[C@@H](O)[C@@H]2O)C(=O)O1)c1ccc([N+](=O)[O-])cc1. The van der Waals surface area contributed by atoms with E-state index in [0.717, 1.165) is 4.90 Å². The number of hydrogen-bond acceptors (Lipinski definition) is 10. The second-order valence-corrected chi connectivity index (χ2v) is 6.84. The van der Waals surface area contributed by atoms with Gasteiger partial charge in [-0.25, -0.2) is 9.59 Å². The molecule has 0 aromatic heterocycles. The van der Waals surface area contributed by atoms with Gasteiger partial charge in [0.15, 0.2) is 6.23 Å². The molecular weight excluding hydrogens is 418 g/mol. The van der Waals surface area contributed by atoms with Crippen LogP contribution in [0.15, 0.2) is 36.2 Å². The van der Waals surface area contributed by atoms with E-state index in [1.807, 2.05) is 0 Å². The molecule has 168 valence electrons. The van der Waals surface area contributed by atoms with Crippen molar-refractivity contribution >= 4 is 17.9 Å². The average Bonchev–Trinajstić information content (AvgIpc) is 3.02. The Morgan fingerprint density at radius 2 is 2.03 bits per heavy atom. The van der Waals surface area contributed by atoms with Crippen molar-refractivity contribution in [2.24, 2.45) is 0 Å². The lowest BCUT2D eigenvalue weighted by Gasteiger charge is -2.31.